The number of hydrogen-bond donors (Lipinski definition) is 3. The van der Waals surface area contributed by atoms with Crippen LogP contribution in [0.4, 0.5) is 0 Å². The number of amides is 1. The third-order valence-electron chi connectivity index (χ3n) is 4.41. The minimum atomic E-state index is -0.731. The van der Waals surface area contributed by atoms with E-state index in [0.29, 0.717) is 39.2 Å². The number of aliphatic hydroxyl groups is 2. The molecule has 0 aromatic rings. The maximum absolute atomic E-state index is 12.1. The van der Waals surface area contributed by atoms with Crippen LogP contribution in [0.3, 0.4) is 0 Å². The summed E-state index contributed by atoms with van der Waals surface area (Å²) in [6.07, 6.45) is 0.963. The lowest BCUT2D eigenvalue weighted by Gasteiger charge is -2.30. The molecule has 1 aliphatic carbocycles. The standard InChI is InChI=1S/C14H25NO5/c1-19-9-14(6-11(16)12(17)7-14)8-15-13(18)10-2-4-20-5-3-10/h10-12,16-17H,2-9H2,1H3,(H,15,18). The first kappa shape index (κ1) is 15.7. The van der Waals surface area contributed by atoms with Gasteiger partial charge in [-0.1, -0.05) is 0 Å². The summed E-state index contributed by atoms with van der Waals surface area (Å²) in [7, 11) is 1.60. The Bertz CT molecular complexity index is 320. The number of aliphatic hydroxyl groups excluding tert-OH is 2. The van der Waals surface area contributed by atoms with Gasteiger partial charge in [0.25, 0.3) is 0 Å². The van der Waals surface area contributed by atoms with Gasteiger partial charge in [0.1, 0.15) is 0 Å². The Morgan fingerprint density at radius 1 is 1.30 bits per heavy atom. The van der Waals surface area contributed by atoms with E-state index in [1.165, 1.54) is 0 Å². The molecule has 1 heterocycles. The summed E-state index contributed by atoms with van der Waals surface area (Å²) < 4.78 is 10.5. The highest BCUT2D eigenvalue weighted by Crippen LogP contribution is 2.38. The summed E-state index contributed by atoms with van der Waals surface area (Å²) in [6.45, 7) is 2.14. The van der Waals surface area contributed by atoms with Gasteiger partial charge in [-0.05, 0) is 25.7 Å². The lowest BCUT2D eigenvalue weighted by Crippen LogP contribution is -2.42. The molecule has 0 aromatic heterocycles. The first-order valence-electron chi connectivity index (χ1n) is 7.27. The van der Waals surface area contributed by atoms with Gasteiger partial charge in [-0.2, -0.15) is 0 Å². The van der Waals surface area contributed by atoms with Gasteiger partial charge >= 0.3 is 0 Å². The molecule has 0 bridgehead atoms. The summed E-state index contributed by atoms with van der Waals surface area (Å²) in [5.74, 6) is 0.0549. The maximum Gasteiger partial charge on any atom is 0.223 e. The third kappa shape index (κ3) is 3.69. The Balaban J connectivity index is 1.87. The number of rotatable bonds is 5. The van der Waals surface area contributed by atoms with Crippen molar-refractivity contribution in [1.82, 2.24) is 5.32 Å². The summed E-state index contributed by atoms with van der Waals surface area (Å²) in [5.41, 5.74) is -0.367. The average molecular weight is 287 g/mol. The molecule has 0 spiro atoms. The second-order valence-corrected chi connectivity index (χ2v) is 6.08. The lowest BCUT2D eigenvalue weighted by molar-refractivity contribution is -0.128. The number of carbonyl (C=O) groups excluding carboxylic acids is 1. The van der Waals surface area contributed by atoms with Crippen molar-refractivity contribution < 1.29 is 24.5 Å². The predicted octanol–water partition coefficient (Wildman–Crippen LogP) is -0.322. The Morgan fingerprint density at radius 2 is 1.90 bits per heavy atom. The smallest absolute Gasteiger partial charge is 0.223 e. The van der Waals surface area contributed by atoms with Crippen molar-refractivity contribution in [2.75, 3.05) is 33.5 Å². The number of nitrogens with one attached hydrogen (secondary N) is 1. The molecule has 2 aliphatic rings. The third-order valence-corrected chi connectivity index (χ3v) is 4.41. The van der Waals surface area contributed by atoms with Crippen molar-refractivity contribution in [3.63, 3.8) is 0 Å². The molecule has 1 aliphatic heterocycles. The van der Waals surface area contributed by atoms with Crippen molar-refractivity contribution in [2.24, 2.45) is 11.3 Å². The molecule has 1 saturated heterocycles. The normalized spacial score (nSPS) is 35.1. The molecule has 2 rings (SSSR count). The molecule has 116 valence electrons. The van der Waals surface area contributed by atoms with Crippen LogP contribution in [0.2, 0.25) is 0 Å². The Labute approximate surface area is 119 Å². The van der Waals surface area contributed by atoms with Crippen LogP contribution in [0.25, 0.3) is 0 Å². The Kier molecular flexibility index (Phi) is 5.37. The number of hydrogen-bond acceptors (Lipinski definition) is 5. The highest BCUT2D eigenvalue weighted by atomic mass is 16.5. The molecule has 6 heteroatoms. The zero-order valence-electron chi connectivity index (χ0n) is 12.0. The highest BCUT2D eigenvalue weighted by Gasteiger charge is 2.44. The average Bonchev–Trinajstić information content (AvgIpc) is 2.73. The van der Waals surface area contributed by atoms with Gasteiger partial charge in [0, 0.05) is 38.2 Å². The van der Waals surface area contributed by atoms with Crippen LogP contribution >= 0.6 is 0 Å². The summed E-state index contributed by atoms with van der Waals surface area (Å²) in [5, 5.41) is 22.4. The van der Waals surface area contributed by atoms with E-state index in [9.17, 15) is 15.0 Å². The molecule has 20 heavy (non-hydrogen) atoms. The zero-order chi connectivity index (χ0) is 14.6. The van der Waals surface area contributed by atoms with E-state index in [0.717, 1.165) is 12.8 Å². The summed E-state index contributed by atoms with van der Waals surface area (Å²) in [4.78, 5) is 12.1. The fraction of sp³-hybridized carbons (Fsp3) is 0.929. The van der Waals surface area contributed by atoms with Gasteiger partial charge < -0.3 is 25.0 Å². The first-order chi connectivity index (χ1) is 9.56. The van der Waals surface area contributed by atoms with Crippen molar-refractivity contribution in [3.8, 4) is 0 Å². The molecule has 1 amide bonds. The van der Waals surface area contributed by atoms with Crippen LogP contribution in [0.5, 0.6) is 0 Å². The van der Waals surface area contributed by atoms with Gasteiger partial charge in [-0.25, -0.2) is 0 Å². The SMILES string of the molecule is COCC1(CNC(=O)C2CCOCC2)CC(O)C(O)C1. The highest BCUT2D eigenvalue weighted by molar-refractivity contribution is 5.78. The van der Waals surface area contributed by atoms with Crippen LogP contribution in [0.15, 0.2) is 0 Å². The van der Waals surface area contributed by atoms with Crippen molar-refractivity contribution in [2.45, 2.75) is 37.9 Å². The topological polar surface area (TPSA) is 88.0 Å². The molecule has 3 N–H and O–H groups in total. The van der Waals surface area contributed by atoms with Gasteiger partial charge in [0.2, 0.25) is 5.91 Å². The first-order valence-corrected chi connectivity index (χ1v) is 7.27. The van der Waals surface area contributed by atoms with E-state index >= 15 is 0 Å². The van der Waals surface area contributed by atoms with Crippen LogP contribution < -0.4 is 5.32 Å². The fourth-order valence-corrected chi connectivity index (χ4v) is 3.24. The Morgan fingerprint density at radius 3 is 2.45 bits per heavy atom. The van der Waals surface area contributed by atoms with E-state index in [1.54, 1.807) is 7.11 Å². The molecule has 2 atom stereocenters. The van der Waals surface area contributed by atoms with Crippen molar-refractivity contribution in [1.29, 1.82) is 0 Å². The van der Waals surface area contributed by atoms with Crippen LogP contribution in [0.1, 0.15) is 25.7 Å². The second-order valence-electron chi connectivity index (χ2n) is 6.08. The van der Waals surface area contributed by atoms with E-state index in [1.807, 2.05) is 0 Å². The second kappa shape index (κ2) is 6.85. The molecule has 2 fully saturated rings. The van der Waals surface area contributed by atoms with E-state index in [-0.39, 0.29) is 17.2 Å². The summed E-state index contributed by atoms with van der Waals surface area (Å²) in [6, 6.07) is 0. The van der Waals surface area contributed by atoms with Crippen molar-refractivity contribution >= 4 is 5.91 Å². The van der Waals surface area contributed by atoms with Gasteiger partial charge in [-0.3, -0.25) is 4.79 Å². The molecule has 0 radical (unpaired) electrons. The van der Waals surface area contributed by atoms with Crippen LogP contribution in [-0.4, -0.2) is 61.8 Å². The number of methoxy groups -OCH3 is 1. The minimum Gasteiger partial charge on any atom is -0.390 e. The monoisotopic (exact) mass is 287 g/mol. The zero-order valence-corrected chi connectivity index (χ0v) is 12.0. The maximum atomic E-state index is 12.1. The summed E-state index contributed by atoms with van der Waals surface area (Å²) >= 11 is 0. The molecule has 2 unspecified atom stereocenters. The van der Waals surface area contributed by atoms with Crippen LogP contribution in [-0.2, 0) is 14.3 Å². The molecule has 0 aromatic carbocycles. The van der Waals surface area contributed by atoms with E-state index in [4.69, 9.17) is 9.47 Å². The van der Waals surface area contributed by atoms with Gasteiger partial charge in [-0.15, -0.1) is 0 Å². The number of carbonyl (C=O) groups is 1. The minimum absolute atomic E-state index is 0.0135. The van der Waals surface area contributed by atoms with Crippen LogP contribution in [0, 0.1) is 11.3 Å². The molecule has 6 nitrogen and oxygen atoms in total. The molecule has 1 saturated carbocycles. The number of ether oxygens (including phenoxy) is 2. The molecular formula is C14H25NO5. The van der Waals surface area contributed by atoms with Crippen molar-refractivity contribution in [3.05, 3.63) is 0 Å². The van der Waals surface area contributed by atoms with Gasteiger partial charge in [0.05, 0.1) is 18.8 Å². The van der Waals surface area contributed by atoms with E-state index in [2.05, 4.69) is 5.32 Å². The van der Waals surface area contributed by atoms with Gasteiger partial charge in [0.15, 0.2) is 0 Å². The Hall–Kier alpha value is -0.690. The fourth-order valence-electron chi connectivity index (χ4n) is 3.24. The lowest BCUT2D eigenvalue weighted by atomic mass is 9.86. The van der Waals surface area contributed by atoms with E-state index < -0.39 is 12.2 Å². The quantitative estimate of drug-likeness (QED) is 0.645. The molecular weight excluding hydrogens is 262 g/mol. The largest absolute Gasteiger partial charge is 0.390 e. The predicted molar refractivity (Wildman–Crippen MR) is 72.1 cm³/mol.